The van der Waals surface area contributed by atoms with Gasteiger partial charge in [0.2, 0.25) is 0 Å². The normalized spacial score (nSPS) is 10.0. The third-order valence-electron chi connectivity index (χ3n) is 0.178. The third-order valence-corrected chi connectivity index (χ3v) is 0.730. The molecule has 0 atom stereocenters. The van der Waals surface area contributed by atoms with E-state index in [1.165, 1.54) is 0 Å². The first-order chi connectivity index (χ1) is 2.41. The Balaban J connectivity index is 2.62. The number of hydrogen-bond acceptors (Lipinski definition) is 0. The molecule has 0 rings (SSSR count). The molecule has 0 bridgehead atoms. The summed E-state index contributed by atoms with van der Waals surface area (Å²) in [5.41, 5.74) is 0. The fourth-order valence-corrected chi connectivity index (χ4v) is 0.525. The average Bonchev–Trinajstić information content (AvgIpc) is 1.41. The van der Waals surface area contributed by atoms with E-state index in [2.05, 4.69) is 15.9 Å². The Morgan fingerprint density at radius 2 is 2.40 bits per heavy atom. The highest BCUT2D eigenvalue weighted by Gasteiger charge is 1.56. The van der Waals surface area contributed by atoms with Crippen LogP contribution in [-0.4, -0.2) is 5.88 Å². The van der Waals surface area contributed by atoms with E-state index in [1.807, 2.05) is 6.08 Å². The quantitative estimate of drug-likeness (QED) is 0.509. The largest absolute Gasteiger partial charge is 0.122 e. The number of hydrogen-bond donors (Lipinski definition) is 0. The van der Waals surface area contributed by atoms with E-state index in [1.54, 1.807) is 4.99 Å². The molecule has 0 spiro atoms. The SMILES string of the molecule is ClCC=CBr. The van der Waals surface area contributed by atoms with Crippen LogP contribution in [0.15, 0.2) is 11.1 Å². The minimum absolute atomic E-state index is 0.589. The maximum Gasteiger partial charge on any atom is 0.0412 e. The Bertz CT molecular complexity index is 33.9. The van der Waals surface area contributed by atoms with E-state index in [0.717, 1.165) is 0 Å². The second kappa shape index (κ2) is 4.51. The molecule has 0 nitrogen and oxygen atoms in total. The number of alkyl halides is 1. The zero-order valence-electron chi connectivity index (χ0n) is 2.62. The fraction of sp³-hybridized carbons (Fsp3) is 0.333. The predicted octanol–water partition coefficient (Wildman–Crippen LogP) is 2.13. The molecule has 0 aromatic rings. The van der Waals surface area contributed by atoms with Gasteiger partial charge >= 0.3 is 0 Å². The van der Waals surface area contributed by atoms with Gasteiger partial charge in [-0.2, -0.15) is 0 Å². The molecular formula is C3H4BrCl. The van der Waals surface area contributed by atoms with Crippen LogP contribution in [0.2, 0.25) is 0 Å². The zero-order valence-corrected chi connectivity index (χ0v) is 4.96. The Morgan fingerprint density at radius 3 is 2.40 bits per heavy atom. The molecule has 0 heterocycles. The fourth-order valence-electron chi connectivity index (χ4n) is 0.0337. The van der Waals surface area contributed by atoms with E-state index in [-0.39, 0.29) is 0 Å². The van der Waals surface area contributed by atoms with Gasteiger partial charge in [0.15, 0.2) is 0 Å². The molecule has 0 aliphatic rings. The Labute approximate surface area is 45.0 Å². The molecule has 0 aliphatic carbocycles. The van der Waals surface area contributed by atoms with Crippen LogP contribution in [-0.2, 0) is 0 Å². The number of rotatable bonds is 1. The first kappa shape index (κ1) is 5.51. The molecule has 0 saturated carbocycles. The first-order valence-electron chi connectivity index (χ1n) is 1.23. The highest BCUT2D eigenvalue weighted by atomic mass is 79.9. The van der Waals surface area contributed by atoms with Crippen molar-refractivity contribution in [3.8, 4) is 0 Å². The van der Waals surface area contributed by atoms with Gasteiger partial charge in [0.1, 0.15) is 0 Å². The van der Waals surface area contributed by atoms with Crippen LogP contribution in [0.5, 0.6) is 0 Å². The lowest BCUT2D eigenvalue weighted by atomic mass is 10.8. The van der Waals surface area contributed by atoms with Gasteiger partial charge in [-0.15, -0.1) is 11.6 Å². The maximum atomic E-state index is 5.18. The summed E-state index contributed by atoms with van der Waals surface area (Å²) >= 11 is 8.23. The van der Waals surface area contributed by atoms with Crippen molar-refractivity contribution >= 4 is 27.5 Å². The van der Waals surface area contributed by atoms with E-state index in [0.29, 0.717) is 5.88 Å². The molecule has 5 heavy (non-hydrogen) atoms. The lowest BCUT2D eigenvalue weighted by molar-refractivity contribution is 1.79. The molecule has 0 amide bonds. The van der Waals surface area contributed by atoms with Gasteiger partial charge in [-0.05, 0) is 4.99 Å². The average molecular weight is 155 g/mol. The van der Waals surface area contributed by atoms with Crippen LogP contribution in [0.1, 0.15) is 0 Å². The summed E-state index contributed by atoms with van der Waals surface area (Å²) in [6.07, 6.45) is 1.81. The minimum atomic E-state index is 0.589. The van der Waals surface area contributed by atoms with Gasteiger partial charge in [-0.1, -0.05) is 22.0 Å². The second-order valence-corrected chi connectivity index (χ2v) is 1.35. The van der Waals surface area contributed by atoms with Crippen molar-refractivity contribution in [2.24, 2.45) is 0 Å². The highest BCUT2D eigenvalue weighted by Crippen LogP contribution is 1.82. The number of allylic oxidation sites excluding steroid dienone is 1. The molecule has 0 unspecified atom stereocenters. The van der Waals surface area contributed by atoms with Gasteiger partial charge in [-0.25, -0.2) is 0 Å². The van der Waals surface area contributed by atoms with Gasteiger partial charge in [0, 0.05) is 5.88 Å². The van der Waals surface area contributed by atoms with Gasteiger partial charge in [0.05, 0.1) is 0 Å². The lowest BCUT2D eigenvalue weighted by Gasteiger charge is -1.61. The molecule has 0 aromatic heterocycles. The van der Waals surface area contributed by atoms with Crippen LogP contribution >= 0.6 is 27.5 Å². The molecule has 2 heteroatoms. The van der Waals surface area contributed by atoms with Gasteiger partial charge < -0.3 is 0 Å². The van der Waals surface area contributed by atoms with E-state index in [4.69, 9.17) is 11.6 Å². The van der Waals surface area contributed by atoms with Crippen LogP contribution < -0.4 is 0 Å². The molecule has 0 N–H and O–H groups in total. The van der Waals surface area contributed by atoms with Crippen molar-refractivity contribution in [1.29, 1.82) is 0 Å². The summed E-state index contributed by atoms with van der Waals surface area (Å²) in [5.74, 6) is 0.589. The molecule has 0 aromatic carbocycles. The Kier molecular flexibility index (Phi) is 4.97. The Morgan fingerprint density at radius 1 is 1.80 bits per heavy atom. The van der Waals surface area contributed by atoms with Crippen molar-refractivity contribution in [2.45, 2.75) is 0 Å². The standard InChI is InChI=1S/C3H4BrCl/c4-2-1-3-5/h1-2H,3H2. The summed E-state index contributed by atoms with van der Waals surface area (Å²) < 4.78 is 0. The van der Waals surface area contributed by atoms with Crippen molar-refractivity contribution < 1.29 is 0 Å². The highest BCUT2D eigenvalue weighted by molar-refractivity contribution is 9.11. The third kappa shape index (κ3) is 4.51. The molecule has 0 radical (unpaired) electrons. The summed E-state index contributed by atoms with van der Waals surface area (Å²) in [7, 11) is 0. The van der Waals surface area contributed by atoms with Crippen LogP contribution in [0.3, 0.4) is 0 Å². The van der Waals surface area contributed by atoms with Crippen molar-refractivity contribution in [1.82, 2.24) is 0 Å². The van der Waals surface area contributed by atoms with Crippen molar-refractivity contribution in [3.63, 3.8) is 0 Å². The zero-order chi connectivity index (χ0) is 4.12. The van der Waals surface area contributed by atoms with E-state index >= 15 is 0 Å². The summed E-state index contributed by atoms with van der Waals surface area (Å²) in [6.45, 7) is 0. The smallest absolute Gasteiger partial charge is 0.0412 e. The molecule has 0 fully saturated rings. The minimum Gasteiger partial charge on any atom is -0.122 e. The lowest BCUT2D eigenvalue weighted by Crippen LogP contribution is -1.48. The topological polar surface area (TPSA) is 0 Å². The summed E-state index contributed by atoms with van der Waals surface area (Å²) in [6, 6.07) is 0. The molecule has 0 aliphatic heterocycles. The van der Waals surface area contributed by atoms with E-state index < -0.39 is 0 Å². The predicted molar refractivity (Wildman–Crippen MR) is 28.8 cm³/mol. The van der Waals surface area contributed by atoms with Crippen molar-refractivity contribution in [2.75, 3.05) is 5.88 Å². The van der Waals surface area contributed by atoms with Gasteiger partial charge in [-0.3, -0.25) is 0 Å². The Hall–Kier alpha value is 0.510. The second-order valence-electron chi connectivity index (χ2n) is 0.516. The van der Waals surface area contributed by atoms with Crippen LogP contribution in [0, 0.1) is 0 Å². The van der Waals surface area contributed by atoms with E-state index in [9.17, 15) is 0 Å². The molecule has 0 saturated heterocycles. The monoisotopic (exact) mass is 154 g/mol. The molecular weight excluding hydrogens is 151 g/mol. The first-order valence-corrected chi connectivity index (χ1v) is 2.68. The van der Waals surface area contributed by atoms with Crippen molar-refractivity contribution in [3.05, 3.63) is 11.1 Å². The molecule has 30 valence electrons. The summed E-state index contributed by atoms with van der Waals surface area (Å²) in [4.78, 5) is 1.74. The number of halogens is 2. The van der Waals surface area contributed by atoms with Crippen LogP contribution in [0.25, 0.3) is 0 Å². The van der Waals surface area contributed by atoms with Crippen LogP contribution in [0.4, 0.5) is 0 Å². The maximum absolute atomic E-state index is 5.18. The van der Waals surface area contributed by atoms with Gasteiger partial charge in [0.25, 0.3) is 0 Å². The summed E-state index contributed by atoms with van der Waals surface area (Å²) in [5, 5.41) is 0.